The number of aliphatic carboxylic acids is 1. The van der Waals surface area contributed by atoms with Gasteiger partial charge in [0, 0.05) is 5.56 Å². The predicted molar refractivity (Wildman–Crippen MR) is 57.0 cm³/mol. The molecule has 0 saturated heterocycles. The van der Waals surface area contributed by atoms with Crippen LogP contribution >= 0.6 is 11.6 Å². The van der Waals surface area contributed by atoms with Gasteiger partial charge in [-0.15, -0.1) is 0 Å². The van der Waals surface area contributed by atoms with Crippen LogP contribution < -0.4 is 0 Å². The first-order valence-corrected chi connectivity index (χ1v) is 4.94. The maximum Gasteiger partial charge on any atom is 0.337 e. The molecule has 2 unspecified atom stereocenters. The molecule has 0 aliphatic heterocycles. The van der Waals surface area contributed by atoms with Crippen LogP contribution in [0.1, 0.15) is 22.0 Å². The molecule has 0 aliphatic carbocycles. The number of aromatic carboxylic acids is 1. The molecule has 0 heterocycles. The van der Waals surface area contributed by atoms with E-state index in [2.05, 4.69) is 0 Å². The highest BCUT2D eigenvalue weighted by molar-refractivity contribution is 6.33. The van der Waals surface area contributed by atoms with Gasteiger partial charge in [0.1, 0.15) is 11.9 Å². The zero-order chi connectivity index (χ0) is 14.0. The number of benzene rings is 1. The van der Waals surface area contributed by atoms with Gasteiger partial charge in [0.05, 0.1) is 10.6 Å². The number of hydrogen-bond acceptors (Lipinski definition) is 4. The maximum absolute atomic E-state index is 13.5. The number of carboxylic acid groups (broad SMARTS) is 2. The summed E-state index contributed by atoms with van der Waals surface area (Å²) >= 11 is 5.54. The molecule has 0 aliphatic rings. The Morgan fingerprint density at radius 2 is 1.78 bits per heavy atom. The van der Waals surface area contributed by atoms with Crippen molar-refractivity contribution in [3.05, 3.63) is 34.1 Å². The van der Waals surface area contributed by atoms with Crippen LogP contribution in [-0.4, -0.2) is 38.5 Å². The van der Waals surface area contributed by atoms with E-state index in [0.717, 1.165) is 6.07 Å². The highest BCUT2D eigenvalue weighted by Crippen LogP contribution is 2.27. The molecule has 1 aromatic rings. The number of aliphatic hydroxyl groups is 2. The number of halogens is 2. The lowest BCUT2D eigenvalue weighted by molar-refractivity contribution is -0.153. The Hall–Kier alpha value is -1.70. The van der Waals surface area contributed by atoms with Crippen molar-refractivity contribution in [2.24, 2.45) is 0 Å². The summed E-state index contributed by atoms with van der Waals surface area (Å²) in [5.74, 6) is -4.40. The maximum atomic E-state index is 13.5. The molecule has 0 fully saturated rings. The van der Waals surface area contributed by atoms with E-state index in [1.165, 1.54) is 0 Å². The van der Waals surface area contributed by atoms with Gasteiger partial charge >= 0.3 is 11.9 Å². The summed E-state index contributed by atoms with van der Waals surface area (Å²) in [5, 5.41) is 35.2. The number of carboxylic acids is 2. The van der Waals surface area contributed by atoms with Crippen molar-refractivity contribution in [2.75, 3.05) is 0 Å². The average Bonchev–Trinajstić information content (AvgIpc) is 2.29. The summed E-state index contributed by atoms with van der Waals surface area (Å²) in [6.45, 7) is 0. The van der Waals surface area contributed by atoms with E-state index in [9.17, 15) is 19.1 Å². The minimum atomic E-state index is -2.24. The number of rotatable bonds is 4. The van der Waals surface area contributed by atoms with Crippen LogP contribution in [0, 0.1) is 5.82 Å². The fraction of sp³-hybridized carbons (Fsp3) is 0.200. The van der Waals surface area contributed by atoms with E-state index in [0.29, 0.717) is 6.07 Å². The van der Waals surface area contributed by atoms with Gasteiger partial charge in [-0.25, -0.2) is 14.0 Å². The Bertz CT molecular complexity index is 503. The topological polar surface area (TPSA) is 115 Å². The second kappa shape index (κ2) is 5.30. The van der Waals surface area contributed by atoms with Crippen molar-refractivity contribution in [3.8, 4) is 0 Å². The van der Waals surface area contributed by atoms with Crippen LogP contribution in [0.3, 0.4) is 0 Å². The fourth-order valence-corrected chi connectivity index (χ4v) is 1.51. The summed E-state index contributed by atoms with van der Waals surface area (Å²) in [6.07, 6.45) is -4.30. The van der Waals surface area contributed by atoms with Crippen LogP contribution in [0.5, 0.6) is 0 Å². The first-order valence-electron chi connectivity index (χ1n) is 4.57. The van der Waals surface area contributed by atoms with E-state index >= 15 is 0 Å². The quantitative estimate of drug-likeness (QED) is 0.643. The largest absolute Gasteiger partial charge is 0.479 e. The lowest BCUT2D eigenvalue weighted by Gasteiger charge is -2.15. The van der Waals surface area contributed by atoms with Gasteiger partial charge in [0.15, 0.2) is 6.10 Å². The lowest BCUT2D eigenvalue weighted by Crippen LogP contribution is -2.28. The average molecular weight is 279 g/mol. The second-order valence-electron chi connectivity index (χ2n) is 3.39. The molecule has 1 aromatic carbocycles. The molecule has 6 nitrogen and oxygen atoms in total. The van der Waals surface area contributed by atoms with E-state index < -0.39 is 41.1 Å². The highest BCUT2D eigenvalue weighted by atomic mass is 35.5. The van der Waals surface area contributed by atoms with Crippen molar-refractivity contribution in [2.45, 2.75) is 12.2 Å². The van der Waals surface area contributed by atoms with Gasteiger partial charge in [0.2, 0.25) is 0 Å². The molecule has 0 saturated carbocycles. The monoisotopic (exact) mass is 278 g/mol. The molecule has 1 rings (SSSR count). The molecule has 18 heavy (non-hydrogen) atoms. The third-order valence-electron chi connectivity index (χ3n) is 2.19. The lowest BCUT2D eigenvalue weighted by atomic mass is 10.0. The smallest absolute Gasteiger partial charge is 0.337 e. The van der Waals surface area contributed by atoms with E-state index in [-0.39, 0.29) is 5.02 Å². The molecular formula is C10H8ClFO6. The normalized spacial score (nSPS) is 14.0. The molecule has 0 bridgehead atoms. The second-order valence-corrected chi connectivity index (χ2v) is 3.79. The molecule has 0 spiro atoms. The molecule has 8 heteroatoms. The van der Waals surface area contributed by atoms with Crippen molar-refractivity contribution < 1.29 is 34.4 Å². The highest BCUT2D eigenvalue weighted by Gasteiger charge is 2.28. The summed E-state index contributed by atoms with van der Waals surface area (Å²) < 4.78 is 13.5. The predicted octanol–water partition coefficient (Wildman–Crippen LogP) is 0.656. The van der Waals surface area contributed by atoms with Crippen LogP contribution in [0.15, 0.2) is 12.1 Å². The van der Waals surface area contributed by atoms with Crippen LogP contribution in [0.4, 0.5) is 4.39 Å². The zero-order valence-corrected chi connectivity index (χ0v) is 9.43. The Balaban J connectivity index is 3.23. The summed E-state index contributed by atoms with van der Waals surface area (Å²) in [4.78, 5) is 21.1. The molecule has 0 amide bonds. The molecule has 98 valence electrons. The summed E-state index contributed by atoms with van der Waals surface area (Å²) in [6, 6.07) is 1.30. The van der Waals surface area contributed by atoms with Crippen molar-refractivity contribution in [3.63, 3.8) is 0 Å². The first kappa shape index (κ1) is 14.4. The van der Waals surface area contributed by atoms with Gasteiger partial charge in [0.25, 0.3) is 0 Å². The Morgan fingerprint density at radius 1 is 1.22 bits per heavy atom. The summed E-state index contributed by atoms with van der Waals surface area (Å²) in [5.41, 5.74) is -1.13. The van der Waals surface area contributed by atoms with Crippen LogP contribution in [-0.2, 0) is 4.79 Å². The minimum Gasteiger partial charge on any atom is -0.479 e. The van der Waals surface area contributed by atoms with Gasteiger partial charge in [-0.3, -0.25) is 0 Å². The Labute approximate surface area is 105 Å². The third-order valence-corrected chi connectivity index (χ3v) is 2.50. The number of hydrogen-bond donors (Lipinski definition) is 4. The minimum absolute atomic E-state index is 0.379. The van der Waals surface area contributed by atoms with Crippen molar-refractivity contribution in [1.82, 2.24) is 0 Å². The van der Waals surface area contributed by atoms with Gasteiger partial charge < -0.3 is 20.4 Å². The molecule has 0 radical (unpaired) electrons. The van der Waals surface area contributed by atoms with Crippen LogP contribution in [0.2, 0.25) is 5.02 Å². The Morgan fingerprint density at radius 3 is 2.22 bits per heavy atom. The van der Waals surface area contributed by atoms with Gasteiger partial charge in [-0.05, 0) is 12.1 Å². The molecule has 4 N–H and O–H groups in total. The number of aliphatic hydroxyl groups excluding tert-OH is 2. The standard InChI is InChI=1S/C10H8ClFO6/c11-5-1-4(7(13)8(14)10(17)18)6(12)2-3(5)9(15)16/h1-2,7-8,13-14H,(H,15,16)(H,17,18). The Kier molecular flexibility index (Phi) is 4.23. The third kappa shape index (κ3) is 2.76. The zero-order valence-electron chi connectivity index (χ0n) is 8.67. The number of carbonyl (C=O) groups is 2. The molecule has 2 atom stereocenters. The van der Waals surface area contributed by atoms with E-state index in [1.807, 2.05) is 0 Å². The van der Waals surface area contributed by atoms with Gasteiger partial charge in [-0.1, -0.05) is 11.6 Å². The molecule has 0 aromatic heterocycles. The van der Waals surface area contributed by atoms with E-state index in [1.54, 1.807) is 0 Å². The molecular weight excluding hydrogens is 271 g/mol. The van der Waals surface area contributed by atoms with Crippen LogP contribution in [0.25, 0.3) is 0 Å². The van der Waals surface area contributed by atoms with E-state index in [4.69, 9.17) is 26.9 Å². The van der Waals surface area contributed by atoms with Crippen molar-refractivity contribution in [1.29, 1.82) is 0 Å². The SMILES string of the molecule is O=C(O)c1cc(F)c(C(O)C(O)C(=O)O)cc1Cl. The fourth-order valence-electron chi connectivity index (χ4n) is 1.26. The summed E-state index contributed by atoms with van der Waals surface area (Å²) in [7, 11) is 0. The first-order chi connectivity index (χ1) is 8.25. The van der Waals surface area contributed by atoms with Gasteiger partial charge in [-0.2, -0.15) is 0 Å². The van der Waals surface area contributed by atoms with Crippen molar-refractivity contribution >= 4 is 23.5 Å².